The first-order chi connectivity index (χ1) is 11.4. The second kappa shape index (κ2) is 7.37. The summed E-state index contributed by atoms with van der Waals surface area (Å²) in [6, 6.07) is 5.11. The molecular weight excluding hydrogens is 343 g/mol. The molecule has 1 saturated carbocycles. The van der Waals surface area contributed by atoms with E-state index in [0.717, 1.165) is 19.0 Å². The van der Waals surface area contributed by atoms with E-state index in [1.54, 1.807) is 18.2 Å². The van der Waals surface area contributed by atoms with Crippen molar-refractivity contribution in [3.05, 3.63) is 40.4 Å². The largest absolute Gasteiger partial charge is 0.324 e. The first kappa shape index (κ1) is 17.6. The smallest absolute Gasteiger partial charge is 0.321 e. The van der Waals surface area contributed by atoms with Crippen LogP contribution in [0.15, 0.2) is 30.4 Å². The van der Waals surface area contributed by atoms with Crippen LogP contribution < -0.4 is 5.32 Å². The first-order valence-electron chi connectivity index (χ1n) is 8.61. The zero-order valence-corrected chi connectivity index (χ0v) is 15.6. The Labute approximate surface area is 154 Å². The molecule has 3 nitrogen and oxygen atoms in total. The predicted octanol–water partition coefficient (Wildman–Crippen LogP) is 5.70. The summed E-state index contributed by atoms with van der Waals surface area (Å²) in [5.41, 5.74) is 0.677. The van der Waals surface area contributed by atoms with Crippen LogP contribution in [0.3, 0.4) is 0 Å². The maximum absolute atomic E-state index is 12.8. The number of carbonyl (C=O) groups is 1. The number of carbonyl (C=O) groups excluding carboxylic acids is 1. The molecule has 0 heterocycles. The van der Waals surface area contributed by atoms with Crippen LogP contribution in [0.5, 0.6) is 0 Å². The molecule has 2 bridgehead atoms. The van der Waals surface area contributed by atoms with Crippen LogP contribution in [0.2, 0.25) is 10.0 Å². The van der Waals surface area contributed by atoms with Crippen molar-refractivity contribution in [3.63, 3.8) is 0 Å². The van der Waals surface area contributed by atoms with E-state index in [1.807, 2.05) is 4.90 Å². The highest BCUT2D eigenvalue weighted by Gasteiger charge is 2.37. The fourth-order valence-electron chi connectivity index (χ4n) is 3.85. The maximum atomic E-state index is 12.8. The van der Waals surface area contributed by atoms with Crippen LogP contribution >= 0.6 is 23.2 Å². The number of amides is 2. The number of hydrogen-bond donors (Lipinski definition) is 1. The fraction of sp³-hybridized carbons (Fsp3) is 0.526. The third kappa shape index (κ3) is 4.07. The Balaban J connectivity index is 1.66. The minimum absolute atomic E-state index is 0.0613. The molecule has 0 aliphatic heterocycles. The number of nitrogens with zero attached hydrogens (tertiary/aromatic N) is 1. The molecule has 5 heteroatoms. The van der Waals surface area contributed by atoms with Crippen molar-refractivity contribution in [2.24, 2.45) is 23.7 Å². The van der Waals surface area contributed by atoms with E-state index in [1.165, 1.54) is 12.8 Å². The van der Waals surface area contributed by atoms with Crippen LogP contribution in [0.25, 0.3) is 0 Å². The van der Waals surface area contributed by atoms with Crippen molar-refractivity contribution >= 4 is 34.9 Å². The summed E-state index contributed by atoms with van der Waals surface area (Å²) in [5.74, 6) is 2.37. The van der Waals surface area contributed by atoms with Gasteiger partial charge in [0, 0.05) is 18.8 Å². The number of fused-ring (bicyclic) bond motifs is 2. The molecule has 1 aromatic rings. The Bertz CT molecular complexity index is 644. The fourth-order valence-corrected chi connectivity index (χ4v) is 4.14. The van der Waals surface area contributed by atoms with Crippen LogP contribution in [-0.4, -0.2) is 24.0 Å². The van der Waals surface area contributed by atoms with Gasteiger partial charge in [0.25, 0.3) is 0 Å². The average Bonchev–Trinajstić information content (AvgIpc) is 3.12. The number of anilines is 1. The van der Waals surface area contributed by atoms with Crippen molar-refractivity contribution < 1.29 is 4.79 Å². The average molecular weight is 367 g/mol. The molecule has 3 unspecified atom stereocenters. The summed E-state index contributed by atoms with van der Waals surface area (Å²) >= 11 is 12.0. The van der Waals surface area contributed by atoms with Crippen molar-refractivity contribution in [2.75, 3.05) is 18.4 Å². The van der Waals surface area contributed by atoms with Gasteiger partial charge in [-0.25, -0.2) is 4.79 Å². The van der Waals surface area contributed by atoms with Crippen molar-refractivity contribution in [1.82, 2.24) is 4.90 Å². The lowest BCUT2D eigenvalue weighted by Crippen LogP contribution is -2.41. The molecule has 0 spiro atoms. The lowest BCUT2D eigenvalue weighted by Gasteiger charge is -2.30. The highest BCUT2D eigenvalue weighted by atomic mass is 35.5. The third-order valence-corrected chi connectivity index (χ3v) is 5.65. The number of allylic oxidation sites excluding steroid dienone is 2. The number of benzene rings is 1. The van der Waals surface area contributed by atoms with Gasteiger partial charge >= 0.3 is 6.03 Å². The van der Waals surface area contributed by atoms with Gasteiger partial charge in [-0.1, -0.05) is 49.2 Å². The SMILES string of the molecule is CC(C)CN(CC1CC2C=CC1C2)C(=O)Nc1ccc(Cl)c(Cl)c1. The molecule has 0 aromatic heterocycles. The molecule has 3 rings (SSSR count). The Morgan fingerprint density at radius 2 is 2.04 bits per heavy atom. The molecular formula is C19H24Cl2N2O. The van der Waals surface area contributed by atoms with Crippen molar-refractivity contribution in [1.29, 1.82) is 0 Å². The molecule has 2 amide bonds. The molecule has 3 atom stereocenters. The van der Waals surface area contributed by atoms with E-state index in [2.05, 4.69) is 31.3 Å². The predicted molar refractivity (Wildman–Crippen MR) is 101 cm³/mol. The molecule has 1 N–H and O–H groups in total. The lowest BCUT2D eigenvalue weighted by molar-refractivity contribution is 0.187. The summed E-state index contributed by atoms with van der Waals surface area (Å²) in [5, 5.41) is 3.90. The van der Waals surface area contributed by atoms with Crippen LogP contribution in [0.4, 0.5) is 10.5 Å². The van der Waals surface area contributed by atoms with Gasteiger partial charge < -0.3 is 10.2 Å². The Hall–Kier alpha value is -1.19. The van der Waals surface area contributed by atoms with E-state index in [-0.39, 0.29) is 6.03 Å². The van der Waals surface area contributed by atoms with E-state index in [0.29, 0.717) is 33.5 Å². The van der Waals surface area contributed by atoms with E-state index < -0.39 is 0 Å². The molecule has 130 valence electrons. The van der Waals surface area contributed by atoms with Gasteiger partial charge in [0.15, 0.2) is 0 Å². The Kier molecular flexibility index (Phi) is 5.41. The number of halogens is 2. The monoisotopic (exact) mass is 366 g/mol. The van der Waals surface area contributed by atoms with Gasteiger partial charge in [0.2, 0.25) is 0 Å². The maximum Gasteiger partial charge on any atom is 0.321 e. The third-order valence-electron chi connectivity index (χ3n) is 4.91. The quantitative estimate of drug-likeness (QED) is 0.666. The summed E-state index contributed by atoms with van der Waals surface area (Å²) in [4.78, 5) is 14.7. The Morgan fingerprint density at radius 3 is 2.62 bits per heavy atom. The topological polar surface area (TPSA) is 32.3 Å². The first-order valence-corrected chi connectivity index (χ1v) is 9.37. The zero-order chi connectivity index (χ0) is 17.3. The molecule has 1 aromatic carbocycles. The number of urea groups is 1. The van der Waals surface area contributed by atoms with Gasteiger partial charge in [-0.15, -0.1) is 0 Å². The minimum Gasteiger partial charge on any atom is -0.324 e. The van der Waals surface area contributed by atoms with Crippen LogP contribution in [-0.2, 0) is 0 Å². The van der Waals surface area contributed by atoms with Crippen LogP contribution in [0.1, 0.15) is 26.7 Å². The Morgan fingerprint density at radius 1 is 1.25 bits per heavy atom. The van der Waals surface area contributed by atoms with Crippen LogP contribution in [0, 0.1) is 23.7 Å². The van der Waals surface area contributed by atoms with E-state index in [4.69, 9.17) is 23.2 Å². The number of nitrogens with one attached hydrogen (secondary N) is 1. The molecule has 0 saturated heterocycles. The lowest BCUT2D eigenvalue weighted by atomic mass is 9.93. The van der Waals surface area contributed by atoms with Gasteiger partial charge in [-0.05, 0) is 54.7 Å². The van der Waals surface area contributed by atoms with Crippen molar-refractivity contribution in [2.45, 2.75) is 26.7 Å². The second-order valence-electron chi connectivity index (χ2n) is 7.40. The summed E-state index contributed by atoms with van der Waals surface area (Å²) < 4.78 is 0. The van der Waals surface area contributed by atoms with Gasteiger partial charge in [-0.3, -0.25) is 0 Å². The number of rotatable bonds is 5. The normalized spacial score (nSPS) is 24.6. The highest BCUT2D eigenvalue weighted by Crippen LogP contribution is 2.43. The van der Waals surface area contributed by atoms with Gasteiger partial charge in [0.1, 0.15) is 0 Å². The molecule has 24 heavy (non-hydrogen) atoms. The summed E-state index contributed by atoms with van der Waals surface area (Å²) in [7, 11) is 0. The molecule has 2 aliphatic rings. The van der Waals surface area contributed by atoms with Gasteiger partial charge in [0.05, 0.1) is 10.0 Å². The molecule has 0 radical (unpaired) electrons. The zero-order valence-electron chi connectivity index (χ0n) is 14.1. The van der Waals surface area contributed by atoms with E-state index in [9.17, 15) is 4.79 Å². The number of hydrogen-bond acceptors (Lipinski definition) is 1. The summed E-state index contributed by atoms with van der Waals surface area (Å²) in [6.45, 7) is 5.85. The molecule has 1 fully saturated rings. The highest BCUT2D eigenvalue weighted by molar-refractivity contribution is 6.42. The summed E-state index contributed by atoms with van der Waals surface area (Å²) in [6.07, 6.45) is 7.14. The minimum atomic E-state index is -0.0613. The molecule has 2 aliphatic carbocycles. The van der Waals surface area contributed by atoms with Crippen molar-refractivity contribution in [3.8, 4) is 0 Å². The second-order valence-corrected chi connectivity index (χ2v) is 8.21. The standard InChI is InChI=1S/C19H24Cl2N2O/c1-12(2)10-23(11-15-8-13-3-4-14(15)7-13)19(24)22-16-5-6-17(20)18(21)9-16/h3-6,9,12-15H,7-8,10-11H2,1-2H3,(H,22,24). The van der Waals surface area contributed by atoms with E-state index >= 15 is 0 Å². The van der Waals surface area contributed by atoms with Gasteiger partial charge in [-0.2, -0.15) is 0 Å².